The highest BCUT2D eigenvalue weighted by Gasteiger charge is 2.31. The molecular weight excluding hydrogens is 272 g/mol. The van der Waals surface area contributed by atoms with Gasteiger partial charge in [-0.3, -0.25) is 0 Å². The predicted molar refractivity (Wildman–Crippen MR) is 89.2 cm³/mol. The highest BCUT2D eigenvalue weighted by molar-refractivity contribution is 5.74. The zero-order valence-electron chi connectivity index (χ0n) is 17.0. The summed E-state index contributed by atoms with van der Waals surface area (Å²) in [6.07, 6.45) is 7.86. The molecule has 4 rings (SSSR count). The lowest BCUT2D eigenvalue weighted by Crippen LogP contribution is -2.40. The second-order valence-electron chi connectivity index (χ2n) is 5.96. The Balaban J connectivity index is 1.78. The molecule has 0 bridgehead atoms. The first-order valence-electron chi connectivity index (χ1n) is 9.53. The molecule has 0 aliphatic carbocycles. The van der Waals surface area contributed by atoms with E-state index in [2.05, 4.69) is 33.5 Å². The zero-order chi connectivity index (χ0) is 18.9. The smallest absolute Gasteiger partial charge is 0.117 e. The van der Waals surface area contributed by atoms with Crippen molar-refractivity contribution < 1.29 is 5.48 Å². The number of hydrogen-bond donors (Lipinski definition) is 0. The summed E-state index contributed by atoms with van der Waals surface area (Å²) in [5, 5.41) is 0. The van der Waals surface area contributed by atoms with Gasteiger partial charge in [-0.25, -0.2) is 4.98 Å². The van der Waals surface area contributed by atoms with Crippen LogP contribution in [0.4, 0.5) is 5.69 Å². The van der Waals surface area contributed by atoms with Crippen LogP contribution < -0.4 is 4.90 Å². The van der Waals surface area contributed by atoms with Crippen molar-refractivity contribution in [2.75, 3.05) is 4.90 Å². The molecule has 1 unspecified atom stereocenters. The van der Waals surface area contributed by atoms with E-state index in [1.165, 1.54) is 12.5 Å². The van der Waals surface area contributed by atoms with Gasteiger partial charge >= 0.3 is 0 Å². The van der Waals surface area contributed by atoms with Gasteiger partial charge in [-0.2, -0.15) is 0 Å². The third kappa shape index (κ3) is 1.73. The molecule has 0 fully saturated rings. The largest absolute Gasteiger partial charge is 0.353 e. The Kier molecular flexibility index (Phi) is 2.05. The van der Waals surface area contributed by atoms with Crippen LogP contribution in [0.25, 0.3) is 5.69 Å². The Labute approximate surface area is 137 Å². The number of anilines is 1. The molecule has 2 aliphatic heterocycles. The van der Waals surface area contributed by atoms with Gasteiger partial charge in [0.2, 0.25) is 0 Å². The molecule has 0 spiro atoms. The van der Waals surface area contributed by atoms with Gasteiger partial charge in [0.15, 0.2) is 0 Å². The fraction of sp³-hybridized carbons (Fsp3) is 0.389. The third-order valence-electron chi connectivity index (χ3n) is 4.58. The summed E-state index contributed by atoms with van der Waals surface area (Å²) in [7, 11) is 0. The van der Waals surface area contributed by atoms with Crippen molar-refractivity contribution in [2.45, 2.75) is 46.2 Å². The summed E-state index contributed by atoms with van der Waals surface area (Å²) in [6, 6.07) is 2.51. The van der Waals surface area contributed by atoms with Gasteiger partial charge in [-0.15, -0.1) is 0 Å². The Hall–Kier alpha value is -2.23. The van der Waals surface area contributed by atoms with Crippen LogP contribution in [-0.4, -0.2) is 26.6 Å². The van der Waals surface area contributed by atoms with Crippen LogP contribution in [0.15, 0.2) is 36.9 Å². The van der Waals surface area contributed by atoms with Crippen molar-refractivity contribution in [3.63, 3.8) is 0 Å². The van der Waals surface area contributed by atoms with E-state index >= 15 is 0 Å². The highest BCUT2D eigenvalue weighted by Crippen LogP contribution is 2.40. The summed E-state index contributed by atoms with van der Waals surface area (Å²) < 4.78 is 33.7. The third-order valence-corrected chi connectivity index (χ3v) is 4.58. The molecule has 0 amide bonds. The minimum Gasteiger partial charge on any atom is -0.353 e. The zero-order valence-corrected chi connectivity index (χ0v) is 13.0. The Bertz CT molecular complexity index is 897. The lowest BCUT2D eigenvalue weighted by molar-refractivity contribution is 0.263. The fourth-order valence-corrected chi connectivity index (χ4v) is 3.48. The molecule has 0 N–H and O–H groups in total. The average molecular weight is 298 g/mol. The monoisotopic (exact) mass is 298 g/mol. The summed E-state index contributed by atoms with van der Waals surface area (Å²) >= 11 is 0. The lowest BCUT2D eigenvalue weighted by Gasteiger charge is -2.34. The predicted octanol–water partition coefficient (Wildman–Crippen LogP) is 3.43. The van der Waals surface area contributed by atoms with Crippen molar-refractivity contribution in [2.24, 2.45) is 0 Å². The molecule has 2 aliphatic rings. The molecule has 0 radical (unpaired) electrons. The average Bonchev–Trinajstić information content (AvgIpc) is 3.21. The van der Waals surface area contributed by atoms with E-state index in [1.54, 1.807) is 17.3 Å². The van der Waals surface area contributed by atoms with E-state index in [4.69, 9.17) is 5.48 Å². The molecule has 114 valence electrons. The number of imidazole rings is 1. The molecule has 2 atom stereocenters. The molecule has 4 nitrogen and oxygen atoms in total. The number of aromatic nitrogens is 2. The first-order chi connectivity index (χ1) is 12.1. The summed E-state index contributed by atoms with van der Waals surface area (Å²) in [5.41, 5.74) is 4.43. The van der Waals surface area contributed by atoms with E-state index in [9.17, 15) is 0 Å². The van der Waals surface area contributed by atoms with Crippen molar-refractivity contribution in [3.05, 3.63) is 53.9 Å². The standard InChI is InChI=1S/C18H22N4/c1-12(2)20-9-10-21(14(20)4)17-13(3)5-6-15-11-16-19-7-8-22(16)18(15)17/h5-10,12,14H,11H2,1-4H3/t14-/m0/s1/i1D3,12D/t12?,14-. The van der Waals surface area contributed by atoms with Crippen molar-refractivity contribution in [3.8, 4) is 5.69 Å². The molecule has 1 aromatic heterocycles. The lowest BCUT2D eigenvalue weighted by atomic mass is 10.1. The second-order valence-corrected chi connectivity index (χ2v) is 5.96. The SMILES string of the molecule is [2H]C([2H])([2H])C([2H])(C)N1C=CN(c2c(C)ccc3c2-n2ccnc2C3)[C@H]1C. The topological polar surface area (TPSA) is 24.3 Å². The molecule has 2 aromatic rings. The van der Waals surface area contributed by atoms with Gasteiger partial charge in [0.1, 0.15) is 12.0 Å². The van der Waals surface area contributed by atoms with E-state index in [-0.39, 0.29) is 6.17 Å². The highest BCUT2D eigenvalue weighted by atomic mass is 15.4. The summed E-state index contributed by atoms with van der Waals surface area (Å²) in [5.74, 6) is 1.01. The van der Waals surface area contributed by atoms with Gasteiger partial charge in [-0.05, 0) is 38.8 Å². The summed E-state index contributed by atoms with van der Waals surface area (Å²) in [4.78, 5) is 8.08. The van der Waals surface area contributed by atoms with Crippen LogP contribution in [0.2, 0.25) is 0 Å². The second kappa shape index (κ2) is 4.63. The van der Waals surface area contributed by atoms with Crippen LogP contribution in [0.3, 0.4) is 0 Å². The van der Waals surface area contributed by atoms with Crippen LogP contribution >= 0.6 is 0 Å². The van der Waals surface area contributed by atoms with Gasteiger partial charge in [0.05, 0.1) is 12.7 Å². The number of aryl methyl sites for hydroxylation is 1. The number of rotatable bonds is 2. The maximum atomic E-state index is 8.43. The number of nitrogens with zero attached hydrogens (tertiary/aromatic N) is 4. The van der Waals surface area contributed by atoms with Crippen LogP contribution in [0.5, 0.6) is 0 Å². The number of hydrogen-bond acceptors (Lipinski definition) is 3. The fourth-order valence-electron chi connectivity index (χ4n) is 3.48. The van der Waals surface area contributed by atoms with Gasteiger partial charge in [-0.1, -0.05) is 12.1 Å². The Morgan fingerprint density at radius 3 is 3.05 bits per heavy atom. The molecule has 3 heterocycles. The van der Waals surface area contributed by atoms with Gasteiger partial charge in [0.25, 0.3) is 0 Å². The molecule has 0 saturated carbocycles. The first-order valence-corrected chi connectivity index (χ1v) is 7.53. The van der Waals surface area contributed by atoms with Crippen LogP contribution in [0.1, 0.15) is 43.1 Å². The molecular formula is C18H22N4. The van der Waals surface area contributed by atoms with Crippen LogP contribution in [-0.2, 0) is 6.42 Å². The Morgan fingerprint density at radius 1 is 1.36 bits per heavy atom. The van der Waals surface area contributed by atoms with Crippen LogP contribution in [0, 0.1) is 6.92 Å². The normalized spacial score (nSPS) is 25.1. The van der Waals surface area contributed by atoms with E-state index < -0.39 is 12.9 Å². The van der Waals surface area contributed by atoms with E-state index in [0.29, 0.717) is 0 Å². The van der Waals surface area contributed by atoms with Gasteiger partial charge < -0.3 is 14.4 Å². The molecule has 0 saturated heterocycles. The number of fused-ring (bicyclic) bond motifs is 3. The van der Waals surface area contributed by atoms with Crippen molar-refractivity contribution in [1.29, 1.82) is 0 Å². The molecule has 1 aromatic carbocycles. The maximum Gasteiger partial charge on any atom is 0.117 e. The van der Waals surface area contributed by atoms with E-state index in [1.807, 2.05) is 19.3 Å². The quantitative estimate of drug-likeness (QED) is 0.724. The van der Waals surface area contributed by atoms with Crippen molar-refractivity contribution in [1.82, 2.24) is 14.5 Å². The first kappa shape index (κ1) is 9.72. The molecule has 4 heteroatoms. The molecule has 22 heavy (non-hydrogen) atoms. The van der Waals surface area contributed by atoms with Crippen molar-refractivity contribution >= 4 is 5.69 Å². The Morgan fingerprint density at radius 2 is 2.23 bits per heavy atom. The van der Waals surface area contributed by atoms with E-state index in [0.717, 1.165) is 29.2 Å². The minimum atomic E-state index is -2.41. The van der Waals surface area contributed by atoms with Gasteiger partial charge in [0, 0.05) is 41.3 Å². The minimum absolute atomic E-state index is 0.282. The maximum absolute atomic E-state index is 8.43. The summed E-state index contributed by atoms with van der Waals surface area (Å²) in [6.45, 7) is 3.02. The number of benzene rings is 1.